The standard InChI is InChI=1S/C18H16N2O3S/c21-16(14-11-6-7-12(8-11)15(14)17(22)23)20-18-19-13(9-24-18)10-4-2-1-3-5-10/h1-7,9,11-12,14-15H,8H2,(H,22,23)(H,19,20,21). The molecular formula is C18H16N2O3S. The first-order chi connectivity index (χ1) is 11.6. The van der Waals surface area contributed by atoms with Crippen LogP contribution in [0.25, 0.3) is 11.3 Å². The number of allylic oxidation sites excluding steroid dienone is 2. The number of carbonyl (C=O) groups excluding carboxylic acids is 1. The molecule has 4 rings (SSSR count). The number of thiazole rings is 1. The lowest BCUT2D eigenvalue weighted by molar-refractivity contribution is -0.146. The smallest absolute Gasteiger partial charge is 0.307 e. The van der Waals surface area contributed by atoms with Gasteiger partial charge in [0.2, 0.25) is 5.91 Å². The normalized spacial score (nSPS) is 27.3. The molecule has 5 nitrogen and oxygen atoms in total. The number of nitrogens with zero attached hydrogens (tertiary/aromatic N) is 1. The number of carbonyl (C=O) groups is 2. The Morgan fingerprint density at radius 3 is 2.54 bits per heavy atom. The third-order valence-corrected chi connectivity index (χ3v) is 5.61. The number of aromatic nitrogens is 1. The van der Waals surface area contributed by atoms with Crippen molar-refractivity contribution in [1.29, 1.82) is 0 Å². The monoisotopic (exact) mass is 340 g/mol. The Morgan fingerprint density at radius 1 is 1.12 bits per heavy atom. The van der Waals surface area contributed by atoms with Gasteiger partial charge in [0.05, 0.1) is 17.5 Å². The van der Waals surface area contributed by atoms with Crippen molar-refractivity contribution in [3.63, 3.8) is 0 Å². The van der Waals surface area contributed by atoms with Gasteiger partial charge in [0.25, 0.3) is 0 Å². The Balaban J connectivity index is 1.52. The number of carboxylic acid groups (broad SMARTS) is 1. The first kappa shape index (κ1) is 15.1. The Kier molecular flexibility index (Phi) is 3.69. The molecule has 1 heterocycles. The summed E-state index contributed by atoms with van der Waals surface area (Å²) in [5.41, 5.74) is 1.79. The van der Waals surface area contributed by atoms with E-state index in [1.807, 2.05) is 47.9 Å². The van der Waals surface area contributed by atoms with Gasteiger partial charge in [-0.3, -0.25) is 9.59 Å². The molecule has 4 unspecified atom stereocenters. The van der Waals surface area contributed by atoms with Gasteiger partial charge in [-0.05, 0) is 18.3 Å². The van der Waals surface area contributed by atoms with E-state index in [9.17, 15) is 14.7 Å². The summed E-state index contributed by atoms with van der Waals surface area (Å²) in [6.07, 6.45) is 4.66. The lowest BCUT2D eigenvalue weighted by Crippen LogP contribution is -2.36. The zero-order valence-electron chi connectivity index (χ0n) is 12.8. The molecule has 0 radical (unpaired) electrons. The quantitative estimate of drug-likeness (QED) is 0.837. The minimum Gasteiger partial charge on any atom is -0.481 e. The number of fused-ring (bicyclic) bond motifs is 2. The molecule has 6 heteroatoms. The zero-order chi connectivity index (χ0) is 16.7. The number of nitrogens with one attached hydrogen (secondary N) is 1. The van der Waals surface area contributed by atoms with Gasteiger partial charge in [-0.15, -0.1) is 11.3 Å². The Labute approximate surface area is 143 Å². The maximum absolute atomic E-state index is 12.6. The summed E-state index contributed by atoms with van der Waals surface area (Å²) in [4.78, 5) is 28.6. The van der Waals surface area contributed by atoms with Crippen molar-refractivity contribution in [3.8, 4) is 11.3 Å². The second-order valence-electron chi connectivity index (χ2n) is 6.23. The van der Waals surface area contributed by atoms with Crippen molar-refractivity contribution >= 4 is 28.3 Å². The Hall–Kier alpha value is -2.47. The van der Waals surface area contributed by atoms with Crippen molar-refractivity contribution in [2.75, 3.05) is 5.32 Å². The van der Waals surface area contributed by atoms with Gasteiger partial charge >= 0.3 is 5.97 Å². The summed E-state index contributed by atoms with van der Waals surface area (Å²) in [6, 6.07) is 9.73. The summed E-state index contributed by atoms with van der Waals surface area (Å²) in [5, 5.41) is 14.7. The summed E-state index contributed by atoms with van der Waals surface area (Å²) in [7, 11) is 0. The van der Waals surface area contributed by atoms with Crippen LogP contribution in [-0.4, -0.2) is 22.0 Å². The van der Waals surface area contributed by atoms with Crippen LogP contribution in [0.4, 0.5) is 5.13 Å². The predicted octanol–water partition coefficient (Wildman–Crippen LogP) is 3.27. The van der Waals surface area contributed by atoms with E-state index < -0.39 is 17.8 Å². The number of hydrogen-bond acceptors (Lipinski definition) is 4. The third-order valence-electron chi connectivity index (χ3n) is 4.85. The highest BCUT2D eigenvalue weighted by Crippen LogP contribution is 2.48. The van der Waals surface area contributed by atoms with Crippen LogP contribution in [0, 0.1) is 23.7 Å². The molecule has 1 aromatic carbocycles. The van der Waals surface area contributed by atoms with Crippen LogP contribution in [0.1, 0.15) is 6.42 Å². The Morgan fingerprint density at radius 2 is 1.83 bits per heavy atom. The van der Waals surface area contributed by atoms with Crippen molar-refractivity contribution in [2.45, 2.75) is 6.42 Å². The van der Waals surface area contributed by atoms with Gasteiger partial charge in [0.15, 0.2) is 5.13 Å². The van der Waals surface area contributed by atoms with E-state index in [4.69, 9.17) is 0 Å². The lowest BCUT2D eigenvalue weighted by Gasteiger charge is -2.23. The molecule has 4 atom stereocenters. The summed E-state index contributed by atoms with van der Waals surface area (Å²) in [6.45, 7) is 0. The molecule has 1 amide bonds. The van der Waals surface area contributed by atoms with Crippen LogP contribution in [-0.2, 0) is 9.59 Å². The molecule has 2 aliphatic rings. The highest BCUT2D eigenvalue weighted by molar-refractivity contribution is 7.14. The second kappa shape index (κ2) is 5.87. The van der Waals surface area contributed by atoms with Crippen molar-refractivity contribution in [1.82, 2.24) is 4.98 Å². The van der Waals surface area contributed by atoms with Crippen molar-refractivity contribution < 1.29 is 14.7 Å². The number of carboxylic acids is 1. The van der Waals surface area contributed by atoms with Crippen LogP contribution < -0.4 is 5.32 Å². The molecule has 0 saturated heterocycles. The van der Waals surface area contributed by atoms with E-state index in [1.54, 1.807) is 0 Å². The molecule has 1 saturated carbocycles. The molecule has 1 aromatic heterocycles. The zero-order valence-corrected chi connectivity index (χ0v) is 13.6. The molecule has 24 heavy (non-hydrogen) atoms. The fourth-order valence-corrected chi connectivity index (χ4v) is 4.50. The van der Waals surface area contributed by atoms with E-state index in [1.165, 1.54) is 11.3 Å². The number of hydrogen-bond donors (Lipinski definition) is 2. The van der Waals surface area contributed by atoms with Crippen molar-refractivity contribution in [3.05, 3.63) is 47.9 Å². The van der Waals surface area contributed by atoms with Gasteiger partial charge in [0, 0.05) is 10.9 Å². The summed E-state index contributed by atoms with van der Waals surface area (Å²) in [5.74, 6) is -2.29. The number of anilines is 1. The predicted molar refractivity (Wildman–Crippen MR) is 91.5 cm³/mol. The summed E-state index contributed by atoms with van der Waals surface area (Å²) < 4.78 is 0. The van der Waals surface area contributed by atoms with Crippen molar-refractivity contribution in [2.24, 2.45) is 23.7 Å². The topological polar surface area (TPSA) is 79.3 Å². The van der Waals surface area contributed by atoms with Crippen LogP contribution in [0.5, 0.6) is 0 Å². The first-order valence-corrected chi connectivity index (χ1v) is 8.74. The van der Waals surface area contributed by atoms with Gasteiger partial charge in [-0.2, -0.15) is 0 Å². The average molecular weight is 340 g/mol. The maximum Gasteiger partial charge on any atom is 0.307 e. The van der Waals surface area contributed by atoms with Crippen LogP contribution >= 0.6 is 11.3 Å². The first-order valence-electron chi connectivity index (χ1n) is 7.86. The molecule has 2 bridgehead atoms. The average Bonchev–Trinajstić information content (AvgIpc) is 3.30. The van der Waals surface area contributed by atoms with E-state index in [0.29, 0.717) is 5.13 Å². The van der Waals surface area contributed by atoms with Gasteiger partial charge < -0.3 is 10.4 Å². The fourth-order valence-electron chi connectivity index (χ4n) is 3.78. The Bertz CT molecular complexity index is 815. The highest BCUT2D eigenvalue weighted by Gasteiger charge is 2.51. The molecule has 2 aromatic rings. The molecule has 122 valence electrons. The number of amides is 1. The molecular weight excluding hydrogens is 324 g/mol. The largest absolute Gasteiger partial charge is 0.481 e. The SMILES string of the molecule is O=C(O)C1C2C=CC(C2)C1C(=O)Nc1nc(-c2ccccc2)cs1. The minimum atomic E-state index is -0.892. The van der Waals surface area contributed by atoms with E-state index >= 15 is 0 Å². The highest BCUT2D eigenvalue weighted by atomic mass is 32.1. The molecule has 0 spiro atoms. The number of aliphatic carboxylic acids is 1. The van der Waals surface area contributed by atoms with Gasteiger partial charge in [-0.1, -0.05) is 42.5 Å². The summed E-state index contributed by atoms with van der Waals surface area (Å²) >= 11 is 1.35. The maximum atomic E-state index is 12.6. The van der Waals surface area contributed by atoms with E-state index in [0.717, 1.165) is 17.7 Å². The van der Waals surface area contributed by atoms with Crippen LogP contribution in [0.15, 0.2) is 47.9 Å². The van der Waals surface area contributed by atoms with Crippen LogP contribution in [0.2, 0.25) is 0 Å². The number of benzene rings is 1. The molecule has 2 aliphatic carbocycles. The minimum absolute atomic E-state index is 0.0182. The second-order valence-corrected chi connectivity index (χ2v) is 7.09. The molecule has 2 N–H and O–H groups in total. The van der Waals surface area contributed by atoms with E-state index in [2.05, 4.69) is 10.3 Å². The van der Waals surface area contributed by atoms with Gasteiger partial charge in [-0.25, -0.2) is 4.98 Å². The fraction of sp³-hybridized carbons (Fsp3) is 0.278. The van der Waals surface area contributed by atoms with Crippen LogP contribution in [0.3, 0.4) is 0 Å². The molecule has 1 fully saturated rings. The third kappa shape index (κ3) is 2.53. The molecule has 0 aliphatic heterocycles. The van der Waals surface area contributed by atoms with E-state index in [-0.39, 0.29) is 17.7 Å². The number of rotatable bonds is 4. The van der Waals surface area contributed by atoms with Gasteiger partial charge in [0.1, 0.15) is 0 Å². The lowest BCUT2D eigenvalue weighted by atomic mass is 9.82.